The standard InChI is InChI=1S/C17H18N4O5/c1-19-15(2-5-18-19)11-3-6-20(7-4-11)16(22)12-8-13(17(23)24)10-14(9-12)21(25)26/h2,5,8-11H,3-4,6-7H2,1H3,(H,23,24). The number of nitrogens with zero attached hydrogens (tertiary/aromatic N) is 4. The zero-order valence-corrected chi connectivity index (χ0v) is 14.2. The van der Waals surface area contributed by atoms with E-state index in [-0.39, 0.29) is 17.0 Å². The highest BCUT2D eigenvalue weighted by molar-refractivity contribution is 5.98. The first-order valence-electron chi connectivity index (χ1n) is 8.16. The fraction of sp³-hybridized carbons (Fsp3) is 0.353. The number of amides is 1. The zero-order chi connectivity index (χ0) is 18.8. The van der Waals surface area contributed by atoms with Crippen molar-refractivity contribution in [3.63, 3.8) is 0 Å². The minimum Gasteiger partial charge on any atom is -0.478 e. The molecule has 26 heavy (non-hydrogen) atoms. The Labute approximate surface area is 149 Å². The highest BCUT2D eigenvalue weighted by Gasteiger charge is 2.27. The number of hydrogen-bond acceptors (Lipinski definition) is 5. The SMILES string of the molecule is Cn1nccc1C1CCN(C(=O)c2cc(C(=O)O)cc([N+](=O)[O-])c2)CC1. The van der Waals surface area contributed by atoms with Gasteiger partial charge in [-0.1, -0.05) is 0 Å². The second kappa shape index (κ2) is 6.95. The number of likely N-dealkylation sites (tertiary alicyclic amines) is 1. The number of aromatic nitrogens is 2. The highest BCUT2D eigenvalue weighted by Crippen LogP contribution is 2.28. The number of rotatable bonds is 4. The van der Waals surface area contributed by atoms with Crippen LogP contribution in [0.3, 0.4) is 0 Å². The summed E-state index contributed by atoms with van der Waals surface area (Å²) >= 11 is 0. The summed E-state index contributed by atoms with van der Waals surface area (Å²) in [5.41, 5.74) is 0.460. The van der Waals surface area contributed by atoms with Crippen molar-refractivity contribution in [2.75, 3.05) is 13.1 Å². The van der Waals surface area contributed by atoms with Gasteiger partial charge in [0.2, 0.25) is 0 Å². The van der Waals surface area contributed by atoms with Crippen molar-refractivity contribution < 1.29 is 19.6 Å². The molecule has 1 aliphatic rings. The number of nitro benzene ring substituents is 1. The topological polar surface area (TPSA) is 119 Å². The van der Waals surface area contributed by atoms with Crippen LogP contribution in [0.2, 0.25) is 0 Å². The lowest BCUT2D eigenvalue weighted by Crippen LogP contribution is -2.38. The number of carbonyl (C=O) groups is 2. The summed E-state index contributed by atoms with van der Waals surface area (Å²) in [7, 11) is 1.88. The van der Waals surface area contributed by atoms with Crippen LogP contribution in [0.5, 0.6) is 0 Å². The Morgan fingerprint density at radius 2 is 1.88 bits per heavy atom. The smallest absolute Gasteiger partial charge is 0.335 e. The van der Waals surface area contributed by atoms with Crippen LogP contribution >= 0.6 is 0 Å². The van der Waals surface area contributed by atoms with Crippen LogP contribution in [-0.4, -0.2) is 49.7 Å². The van der Waals surface area contributed by atoms with E-state index >= 15 is 0 Å². The van der Waals surface area contributed by atoms with Crippen molar-refractivity contribution in [1.29, 1.82) is 0 Å². The van der Waals surface area contributed by atoms with Crippen molar-refractivity contribution in [2.45, 2.75) is 18.8 Å². The highest BCUT2D eigenvalue weighted by atomic mass is 16.6. The molecule has 1 saturated heterocycles. The average Bonchev–Trinajstić information content (AvgIpc) is 3.06. The minimum atomic E-state index is -1.31. The van der Waals surface area contributed by atoms with Crippen molar-refractivity contribution in [3.8, 4) is 0 Å². The Hall–Kier alpha value is -3.23. The number of aromatic carboxylic acids is 1. The third-order valence-electron chi connectivity index (χ3n) is 4.68. The van der Waals surface area contributed by atoms with Crippen LogP contribution in [0.1, 0.15) is 45.2 Å². The maximum Gasteiger partial charge on any atom is 0.335 e. The van der Waals surface area contributed by atoms with Gasteiger partial charge in [-0.2, -0.15) is 5.10 Å². The summed E-state index contributed by atoms with van der Waals surface area (Å²) in [6, 6.07) is 5.22. The van der Waals surface area contributed by atoms with Gasteiger partial charge in [0, 0.05) is 55.6 Å². The van der Waals surface area contributed by atoms with E-state index < -0.39 is 16.6 Å². The summed E-state index contributed by atoms with van der Waals surface area (Å²) < 4.78 is 1.82. The average molecular weight is 358 g/mol. The van der Waals surface area contributed by atoms with E-state index in [0.29, 0.717) is 19.0 Å². The van der Waals surface area contributed by atoms with E-state index in [2.05, 4.69) is 5.10 Å². The lowest BCUT2D eigenvalue weighted by atomic mass is 9.93. The van der Waals surface area contributed by atoms with Gasteiger partial charge in [0.1, 0.15) is 0 Å². The number of aryl methyl sites for hydroxylation is 1. The molecule has 3 rings (SSSR count). The van der Waals surface area contributed by atoms with E-state index in [1.165, 1.54) is 6.07 Å². The normalized spacial score (nSPS) is 15.0. The maximum atomic E-state index is 12.7. The Balaban J connectivity index is 1.77. The van der Waals surface area contributed by atoms with Gasteiger partial charge in [-0.25, -0.2) is 4.79 Å². The van der Waals surface area contributed by atoms with Gasteiger partial charge in [0.25, 0.3) is 11.6 Å². The van der Waals surface area contributed by atoms with E-state index in [1.807, 2.05) is 17.8 Å². The molecule has 1 aromatic heterocycles. The molecule has 9 nitrogen and oxygen atoms in total. The summed E-state index contributed by atoms with van der Waals surface area (Å²) in [5.74, 6) is -1.40. The zero-order valence-electron chi connectivity index (χ0n) is 14.2. The minimum absolute atomic E-state index is 0.0237. The molecule has 1 amide bonds. The molecule has 1 aliphatic heterocycles. The van der Waals surface area contributed by atoms with Crippen LogP contribution in [0.25, 0.3) is 0 Å². The number of nitro groups is 1. The number of piperidine rings is 1. The number of non-ortho nitro benzene ring substituents is 1. The molecule has 0 spiro atoms. The van der Waals surface area contributed by atoms with Crippen LogP contribution in [-0.2, 0) is 7.05 Å². The summed E-state index contributed by atoms with van der Waals surface area (Å²) in [6.45, 7) is 1.000. The quantitative estimate of drug-likeness (QED) is 0.660. The molecule has 0 saturated carbocycles. The van der Waals surface area contributed by atoms with Gasteiger partial charge < -0.3 is 10.0 Å². The molecule has 1 fully saturated rings. The number of hydrogen-bond donors (Lipinski definition) is 1. The van der Waals surface area contributed by atoms with Gasteiger partial charge >= 0.3 is 5.97 Å². The first-order valence-corrected chi connectivity index (χ1v) is 8.16. The molecule has 136 valence electrons. The van der Waals surface area contributed by atoms with Crippen LogP contribution in [0.4, 0.5) is 5.69 Å². The number of benzene rings is 1. The molecular weight excluding hydrogens is 340 g/mol. The number of carboxylic acid groups (broad SMARTS) is 1. The van der Waals surface area contributed by atoms with Gasteiger partial charge in [-0.05, 0) is 25.0 Å². The molecule has 2 aromatic rings. The van der Waals surface area contributed by atoms with Crippen molar-refractivity contribution in [3.05, 3.63) is 57.4 Å². The lowest BCUT2D eigenvalue weighted by Gasteiger charge is -2.32. The lowest BCUT2D eigenvalue weighted by molar-refractivity contribution is -0.384. The van der Waals surface area contributed by atoms with E-state index in [4.69, 9.17) is 5.11 Å². The third kappa shape index (κ3) is 3.41. The molecule has 0 atom stereocenters. The molecule has 0 bridgehead atoms. The molecule has 0 radical (unpaired) electrons. The molecular formula is C17H18N4O5. The number of carboxylic acids is 1. The Morgan fingerprint density at radius 1 is 1.23 bits per heavy atom. The predicted molar refractivity (Wildman–Crippen MR) is 91.1 cm³/mol. The Morgan fingerprint density at radius 3 is 2.42 bits per heavy atom. The van der Waals surface area contributed by atoms with E-state index in [1.54, 1.807) is 11.1 Å². The van der Waals surface area contributed by atoms with Crippen molar-refractivity contribution in [1.82, 2.24) is 14.7 Å². The second-order valence-electron chi connectivity index (χ2n) is 6.28. The van der Waals surface area contributed by atoms with Gasteiger partial charge in [-0.15, -0.1) is 0 Å². The fourth-order valence-corrected chi connectivity index (χ4v) is 3.31. The van der Waals surface area contributed by atoms with Crippen LogP contribution < -0.4 is 0 Å². The molecule has 0 unspecified atom stereocenters. The predicted octanol–water partition coefficient (Wildman–Crippen LogP) is 2.05. The summed E-state index contributed by atoms with van der Waals surface area (Å²) in [5, 5.41) is 24.3. The van der Waals surface area contributed by atoms with Gasteiger partial charge in [-0.3, -0.25) is 19.6 Å². The summed E-state index contributed by atoms with van der Waals surface area (Å²) in [4.78, 5) is 35.8. The molecule has 1 N–H and O–H groups in total. The van der Waals surface area contributed by atoms with Crippen molar-refractivity contribution >= 4 is 17.6 Å². The van der Waals surface area contributed by atoms with Crippen LogP contribution in [0.15, 0.2) is 30.5 Å². The molecule has 2 heterocycles. The Bertz CT molecular complexity index is 836. The Kier molecular flexibility index (Phi) is 4.70. The maximum absolute atomic E-state index is 12.7. The van der Waals surface area contributed by atoms with Crippen molar-refractivity contribution in [2.24, 2.45) is 7.05 Å². The second-order valence-corrected chi connectivity index (χ2v) is 6.28. The first-order chi connectivity index (χ1) is 12.4. The molecule has 9 heteroatoms. The first kappa shape index (κ1) is 17.6. The van der Waals surface area contributed by atoms with E-state index in [9.17, 15) is 19.7 Å². The monoisotopic (exact) mass is 358 g/mol. The molecule has 1 aromatic carbocycles. The largest absolute Gasteiger partial charge is 0.478 e. The summed E-state index contributed by atoms with van der Waals surface area (Å²) in [6.07, 6.45) is 3.25. The number of carbonyl (C=O) groups excluding carboxylic acids is 1. The molecule has 0 aliphatic carbocycles. The van der Waals surface area contributed by atoms with Crippen LogP contribution in [0, 0.1) is 10.1 Å². The third-order valence-corrected chi connectivity index (χ3v) is 4.68. The van der Waals surface area contributed by atoms with E-state index in [0.717, 1.165) is 30.7 Å². The van der Waals surface area contributed by atoms with Gasteiger partial charge in [0.05, 0.1) is 10.5 Å². The van der Waals surface area contributed by atoms with Gasteiger partial charge in [0.15, 0.2) is 0 Å². The fourth-order valence-electron chi connectivity index (χ4n) is 3.31.